The monoisotopic (exact) mass is 283 g/mol. The fourth-order valence-electron chi connectivity index (χ4n) is 3.66. The Kier molecular flexibility index (Phi) is 7.32. The summed E-state index contributed by atoms with van der Waals surface area (Å²) < 4.78 is 5.75. The molecule has 2 fully saturated rings. The van der Waals surface area contributed by atoms with E-state index in [1.807, 2.05) is 0 Å². The van der Waals surface area contributed by atoms with Gasteiger partial charge in [-0.05, 0) is 44.1 Å². The van der Waals surface area contributed by atoms with E-state index in [2.05, 4.69) is 12.2 Å². The number of nitrogens with one attached hydrogen (secondary N) is 1. The van der Waals surface area contributed by atoms with Gasteiger partial charge in [0.05, 0.1) is 18.8 Å². The molecular weight excluding hydrogens is 250 g/mol. The Balaban J connectivity index is 1.47. The largest absolute Gasteiger partial charge is 0.389 e. The van der Waals surface area contributed by atoms with Crippen LogP contribution in [-0.2, 0) is 4.74 Å². The molecule has 2 rings (SSSR count). The molecule has 0 spiro atoms. The summed E-state index contributed by atoms with van der Waals surface area (Å²) in [6.07, 6.45) is 11.9. The zero-order valence-electron chi connectivity index (χ0n) is 13.2. The standard InChI is InChI=1S/C17H33NO2/c1-2-14-7-9-15(10-8-14)11-18-12-16(19)13-20-17-5-3-4-6-17/h14-19H,2-13H2,1H3. The van der Waals surface area contributed by atoms with E-state index in [-0.39, 0.29) is 6.10 Å². The van der Waals surface area contributed by atoms with Crippen molar-refractivity contribution in [2.24, 2.45) is 11.8 Å². The van der Waals surface area contributed by atoms with Crippen LogP contribution < -0.4 is 5.32 Å². The lowest BCUT2D eigenvalue weighted by molar-refractivity contribution is -0.00576. The maximum atomic E-state index is 9.93. The van der Waals surface area contributed by atoms with Gasteiger partial charge in [0.15, 0.2) is 0 Å². The summed E-state index contributed by atoms with van der Waals surface area (Å²) in [6, 6.07) is 0. The second kappa shape index (κ2) is 9.01. The summed E-state index contributed by atoms with van der Waals surface area (Å²) >= 11 is 0. The van der Waals surface area contributed by atoms with Crippen LogP contribution in [0.1, 0.15) is 64.7 Å². The van der Waals surface area contributed by atoms with Crippen LogP contribution >= 0.6 is 0 Å². The Bertz CT molecular complexity index is 245. The summed E-state index contributed by atoms with van der Waals surface area (Å²) in [5.41, 5.74) is 0. The first kappa shape index (κ1) is 16.3. The molecule has 2 saturated carbocycles. The maximum Gasteiger partial charge on any atom is 0.0897 e. The van der Waals surface area contributed by atoms with Gasteiger partial charge in [0.25, 0.3) is 0 Å². The van der Waals surface area contributed by atoms with Crippen molar-refractivity contribution in [3.05, 3.63) is 0 Å². The molecule has 0 aliphatic heterocycles. The minimum absolute atomic E-state index is 0.345. The van der Waals surface area contributed by atoms with Crippen molar-refractivity contribution in [3.8, 4) is 0 Å². The van der Waals surface area contributed by atoms with Gasteiger partial charge in [-0.2, -0.15) is 0 Å². The number of rotatable bonds is 8. The third kappa shape index (κ3) is 5.71. The smallest absolute Gasteiger partial charge is 0.0897 e. The molecular formula is C17H33NO2. The van der Waals surface area contributed by atoms with E-state index < -0.39 is 0 Å². The van der Waals surface area contributed by atoms with Gasteiger partial charge < -0.3 is 15.2 Å². The van der Waals surface area contributed by atoms with Crippen LogP contribution in [0, 0.1) is 11.8 Å². The van der Waals surface area contributed by atoms with Crippen LogP contribution in [0.3, 0.4) is 0 Å². The van der Waals surface area contributed by atoms with E-state index in [1.54, 1.807) is 0 Å². The van der Waals surface area contributed by atoms with Crippen molar-refractivity contribution in [3.63, 3.8) is 0 Å². The van der Waals surface area contributed by atoms with Crippen LogP contribution in [0.2, 0.25) is 0 Å². The van der Waals surface area contributed by atoms with Gasteiger partial charge >= 0.3 is 0 Å². The van der Waals surface area contributed by atoms with Gasteiger partial charge in [-0.1, -0.05) is 39.0 Å². The summed E-state index contributed by atoms with van der Waals surface area (Å²) in [5.74, 6) is 1.79. The summed E-state index contributed by atoms with van der Waals surface area (Å²) in [5, 5.41) is 13.4. The first-order valence-electron chi connectivity index (χ1n) is 8.78. The number of aliphatic hydroxyl groups excluding tert-OH is 1. The molecule has 0 radical (unpaired) electrons. The van der Waals surface area contributed by atoms with Crippen LogP contribution in [0.15, 0.2) is 0 Å². The minimum Gasteiger partial charge on any atom is -0.389 e. The lowest BCUT2D eigenvalue weighted by Gasteiger charge is -2.28. The quantitative estimate of drug-likeness (QED) is 0.719. The van der Waals surface area contributed by atoms with Gasteiger partial charge in [-0.25, -0.2) is 0 Å². The molecule has 0 aromatic carbocycles. The lowest BCUT2D eigenvalue weighted by atomic mass is 9.81. The highest BCUT2D eigenvalue weighted by atomic mass is 16.5. The number of aliphatic hydroxyl groups is 1. The molecule has 1 atom stereocenters. The molecule has 1 unspecified atom stereocenters. The number of hydrogen-bond donors (Lipinski definition) is 2. The van der Waals surface area contributed by atoms with E-state index in [0.29, 0.717) is 19.3 Å². The van der Waals surface area contributed by atoms with E-state index >= 15 is 0 Å². The van der Waals surface area contributed by atoms with Crippen molar-refractivity contribution >= 4 is 0 Å². The third-order valence-corrected chi connectivity index (χ3v) is 5.18. The second-order valence-corrected chi connectivity index (χ2v) is 6.85. The number of ether oxygens (including phenoxy) is 1. The Labute approximate surface area is 124 Å². The highest BCUT2D eigenvalue weighted by Gasteiger charge is 2.20. The van der Waals surface area contributed by atoms with Crippen molar-refractivity contribution in [2.75, 3.05) is 19.7 Å². The molecule has 20 heavy (non-hydrogen) atoms. The van der Waals surface area contributed by atoms with Crippen LogP contribution in [-0.4, -0.2) is 37.0 Å². The summed E-state index contributed by atoms with van der Waals surface area (Å²) in [4.78, 5) is 0. The van der Waals surface area contributed by atoms with E-state index in [0.717, 1.165) is 18.4 Å². The first-order valence-corrected chi connectivity index (χ1v) is 8.78. The van der Waals surface area contributed by atoms with Crippen molar-refractivity contribution in [1.82, 2.24) is 5.32 Å². The second-order valence-electron chi connectivity index (χ2n) is 6.85. The molecule has 0 bridgehead atoms. The maximum absolute atomic E-state index is 9.93. The zero-order chi connectivity index (χ0) is 14.2. The van der Waals surface area contributed by atoms with Crippen LogP contribution in [0.25, 0.3) is 0 Å². The first-order chi connectivity index (χ1) is 9.78. The SMILES string of the molecule is CCC1CCC(CNCC(O)COC2CCCC2)CC1. The van der Waals surface area contributed by atoms with Crippen LogP contribution in [0.4, 0.5) is 0 Å². The van der Waals surface area contributed by atoms with E-state index in [1.165, 1.54) is 57.8 Å². The molecule has 0 heterocycles. The van der Waals surface area contributed by atoms with Gasteiger partial charge in [0, 0.05) is 6.54 Å². The van der Waals surface area contributed by atoms with Gasteiger partial charge in [0.1, 0.15) is 0 Å². The highest BCUT2D eigenvalue weighted by molar-refractivity contribution is 4.74. The molecule has 118 valence electrons. The molecule has 0 amide bonds. The molecule has 0 saturated heterocycles. The van der Waals surface area contributed by atoms with E-state index in [9.17, 15) is 5.11 Å². The summed E-state index contributed by atoms with van der Waals surface area (Å²) in [7, 11) is 0. The average molecular weight is 283 g/mol. The molecule has 3 heteroatoms. The fourth-order valence-corrected chi connectivity index (χ4v) is 3.66. The van der Waals surface area contributed by atoms with Crippen LogP contribution in [0.5, 0.6) is 0 Å². The molecule has 2 aliphatic rings. The minimum atomic E-state index is -0.345. The van der Waals surface area contributed by atoms with Crippen molar-refractivity contribution < 1.29 is 9.84 Å². The Morgan fingerprint density at radius 2 is 1.70 bits per heavy atom. The zero-order valence-corrected chi connectivity index (χ0v) is 13.2. The molecule has 2 aliphatic carbocycles. The van der Waals surface area contributed by atoms with Crippen molar-refractivity contribution in [1.29, 1.82) is 0 Å². The molecule has 0 aromatic heterocycles. The third-order valence-electron chi connectivity index (χ3n) is 5.18. The molecule has 3 nitrogen and oxygen atoms in total. The Hall–Kier alpha value is -0.120. The molecule has 2 N–H and O–H groups in total. The molecule has 0 aromatic rings. The van der Waals surface area contributed by atoms with E-state index in [4.69, 9.17) is 4.74 Å². The highest BCUT2D eigenvalue weighted by Crippen LogP contribution is 2.30. The fraction of sp³-hybridized carbons (Fsp3) is 1.00. The lowest BCUT2D eigenvalue weighted by Crippen LogP contribution is -2.35. The van der Waals surface area contributed by atoms with Gasteiger partial charge in [-0.3, -0.25) is 0 Å². The Morgan fingerprint density at radius 1 is 1.05 bits per heavy atom. The van der Waals surface area contributed by atoms with Crippen molar-refractivity contribution in [2.45, 2.75) is 76.9 Å². The van der Waals surface area contributed by atoms with Gasteiger partial charge in [-0.15, -0.1) is 0 Å². The predicted octanol–water partition coefficient (Wildman–Crippen LogP) is 3.11. The normalized spacial score (nSPS) is 29.7. The average Bonchev–Trinajstić information content (AvgIpc) is 2.99. The summed E-state index contributed by atoms with van der Waals surface area (Å²) in [6.45, 7) is 4.56. The number of hydrogen-bond acceptors (Lipinski definition) is 3. The topological polar surface area (TPSA) is 41.5 Å². The Morgan fingerprint density at radius 3 is 2.35 bits per heavy atom. The van der Waals surface area contributed by atoms with Gasteiger partial charge in [0.2, 0.25) is 0 Å². The predicted molar refractivity (Wildman–Crippen MR) is 82.8 cm³/mol.